The second-order valence-corrected chi connectivity index (χ2v) is 4.99. The Hall–Kier alpha value is -1.60. The van der Waals surface area contributed by atoms with Crippen molar-refractivity contribution in [3.8, 4) is 0 Å². The lowest BCUT2D eigenvalue weighted by Gasteiger charge is -2.21. The number of hydrogen-bond acceptors (Lipinski definition) is 5. The first-order chi connectivity index (χ1) is 9.92. The van der Waals surface area contributed by atoms with E-state index in [1.807, 2.05) is 6.92 Å². The van der Waals surface area contributed by atoms with Gasteiger partial charge in [0, 0.05) is 20.7 Å². The summed E-state index contributed by atoms with van der Waals surface area (Å²) in [6.45, 7) is 4.89. The van der Waals surface area contributed by atoms with Gasteiger partial charge in [-0.25, -0.2) is 4.68 Å². The molecule has 1 unspecified atom stereocenters. The van der Waals surface area contributed by atoms with E-state index in [1.165, 1.54) is 10.9 Å². The molecule has 1 aromatic rings. The number of nitrogens with zero attached hydrogens (tertiary/aromatic N) is 3. The third kappa shape index (κ3) is 4.44. The van der Waals surface area contributed by atoms with Crippen LogP contribution in [0.15, 0.2) is 11.0 Å². The summed E-state index contributed by atoms with van der Waals surface area (Å²) in [6, 6.07) is -0.497. The van der Waals surface area contributed by atoms with Crippen molar-refractivity contribution in [3.05, 3.63) is 21.6 Å². The van der Waals surface area contributed by atoms with Crippen LogP contribution in [0.5, 0.6) is 0 Å². The molecule has 118 valence electrons. The van der Waals surface area contributed by atoms with E-state index in [9.17, 15) is 9.59 Å². The average Bonchev–Trinajstić information content (AvgIpc) is 2.49. The van der Waals surface area contributed by atoms with E-state index in [2.05, 4.69) is 10.4 Å². The number of nitrogens with one attached hydrogen (secondary N) is 1. The van der Waals surface area contributed by atoms with Crippen LogP contribution < -0.4 is 10.9 Å². The first kappa shape index (κ1) is 17.5. The Kier molecular flexibility index (Phi) is 6.64. The molecule has 0 radical (unpaired) electrons. The van der Waals surface area contributed by atoms with Crippen LogP contribution in [0.2, 0.25) is 5.02 Å². The molecule has 1 atom stereocenters. The molecule has 0 aliphatic heterocycles. The minimum atomic E-state index is -0.497. The smallest absolute Gasteiger partial charge is 0.287 e. The summed E-state index contributed by atoms with van der Waals surface area (Å²) in [5.41, 5.74) is -0.0668. The van der Waals surface area contributed by atoms with Gasteiger partial charge in [0.25, 0.3) is 5.56 Å². The number of rotatable bonds is 7. The summed E-state index contributed by atoms with van der Waals surface area (Å²) in [6.07, 6.45) is 1.44. The maximum absolute atomic E-state index is 12.0. The van der Waals surface area contributed by atoms with E-state index in [4.69, 9.17) is 16.3 Å². The molecule has 8 heteroatoms. The second kappa shape index (κ2) is 7.99. The van der Waals surface area contributed by atoms with Crippen molar-refractivity contribution >= 4 is 23.2 Å². The zero-order valence-corrected chi connectivity index (χ0v) is 13.5. The van der Waals surface area contributed by atoms with Gasteiger partial charge in [0.05, 0.1) is 25.0 Å². The zero-order chi connectivity index (χ0) is 16.0. The molecule has 1 rings (SSSR count). The van der Waals surface area contributed by atoms with Crippen LogP contribution in [0.4, 0.5) is 5.69 Å². The van der Waals surface area contributed by atoms with Gasteiger partial charge in [0.2, 0.25) is 5.91 Å². The van der Waals surface area contributed by atoms with E-state index in [-0.39, 0.29) is 10.9 Å². The number of methoxy groups -OCH3 is 1. The highest BCUT2D eigenvalue weighted by Gasteiger charge is 2.18. The first-order valence-corrected chi connectivity index (χ1v) is 7.06. The highest BCUT2D eigenvalue weighted by molar-refractivity contribution is 6.33. The van der Waals surface area contributed by atoms with Crippen LogP contribution in [0, 0.1) is 0 Å². The predicted molar refractivity (Wildman–Crippen MR) is 81.8 cm³/mol. The van der Waals surface area contributed by atoms with E-state index in [1.54, 1.807) is 26.0 Å². The monoisotopic (exact) mass is 316 g/mol. The summed E-state index contributed by atoms with van der Waals surface area (Å²) >= 11 is 6.04. The number of hydrogen-bond donors (Lipinski definition) is 1. The Bertz CT molecular complexity index is 547. The molecule has 1 heterocycles. The molecule has 1 amide bonds. The summed E-state index contributed by atoms with van der Waals surface area (Å²) in [5, 5.41) is 6.94. The number of anilines is 1. The second-order valence-electron chi connectivity index (χ2n) is 4.61. The molecule has 0 aliphatic carbocycles. The summed E-state index contributed by atoms with van der Waals surface area (Å²) in [4.78, 5) is 25.6. The zero-order valence-electron chi connectivity index (χ0n) is 12.7. The number of carbonyl (C=O) groups excluding carboxylic acids is 1. The Labute approximate surface area is 128 Å². The van der Waals surface area contributed by atoms with Crippen LogP contribution in [0.1, 0.15) is 13.8 Å². The number of aromatic nitrogens is 2. The summed E-state index contributed by atoms with van der Waals surface area (Å²) in [5.74, 6) is -0.0860. The highest BCUT2D eigenvalue weighted by Crippen LogP contribution is 2.16. The van der Waals surface area contributed by atoms with Gasteiger partial charge in [0.1, 0.15) is 11.1 Å². The number of amides is 1. The lowest BCUT2D eigenvalue weighted by Crippen LogP contribution is -2.39. The molecular weight excluding hydrogens is 296 g/mol. The highest BCUT2D eigenvalue weighted by atomic mass is 35.5. The van der Waals surface area contributed by atoms with Gasteiger partial charge in [-0.3, -0.25) is 9.59 Å². The summed E-state index contributed by atoms with van der Waals surface area (Å²) in [7, 11) is 3.25. The number of halogens is 1. The fraction of sp³-hybridized carbons (Fsp3) is 0.615. The molecule has 0 saturated heterocycles. The van der Waals surface area contributed by atoms with Crippen molar-refractivity contribution in [2.24, 2.45) is 0 Å². The molecule has 0 bridgehead atoms. The van der Waals surface area contributed by atoms with E-state index in [0.29, 0.717) is 25.4 Å². The van der Waals surface area contributed by atoms with Crippen LogP contribution in [0.25, 0.3) is 0 Å². The Morgan fingerprint density at radius 2 is 2.29 bits per heavy atom. The molecule has 1 aromatic heterocycles. The molecule has 0 spiro atoms. The van der Waals surface area contributed by atoms with Crippen molar-refractivity contribution in [3.63, 3.8) is 0 Å². The van der Waals surface area contributed by atoms with Gasteiger partial charge < -0.3 is 15.0 Å². The third-order valence-corrected chi connectivity index (χ3v) is 3.45. The SMILES string of the molecule is CCN(C)C(=O)C(C)Nc1cnn(CCOC)c(=O)c1Cl. The number of carbonyl (C=O) groups is 1. The molecule has 1 N–H and O–H groups in total. The fourth-order valence-electron chi connectivity index (χ4n) is 1.68. The van der Waals surface area contributed by atoms with Gasteiger partial charge in [-0.2, -0.15) is 5.10 Å². The molecule has 0 aromatic carbocycles. The van der Waals surface area contributed by atoms with Crippen LogP contribution >= 0.6 is 11.6 Å². The Morgan fingerprint density at radius 1 is 1.62 bits per heavy atom. The van der Waals surface area contributed by atoms with E-state index in [0.717, 1.165) is 0 Å². The summed E-state index contributed by atoms with van der Waals surface area (Å²) < 4.78 is 6.12. The van der Waals surface area contributed by atoms with E-state index >= 15 is 0 Å². The minimum absolute atomic E-state index is 0.0138. The van der Waals surface area contributed by atoms with Crippen LogP contribution in [0.3, 0.4) is 0 Å². The molecule has 21 heavy (non-hydrogen) atoms. The van der Waals surface area contributed by atoms with E-state index < -0.39 is 11.6 Å². The third-order valence-electron chi connectivity index (χ3n) is 3.09. The lowest BCUT2D eigenvalue weighted by molar-refractivity contribution is -0.130. The van der Waals surface area contributed by atoms with Gasteiger partial charge in [-0.1, -0.05) is 11.6 Å². The Balaban J connectivity index is 2.88. The van der Waals surface area contributed by atoms with Crippen molar-refractivity contribution in [2.75, 3.05) is 32.6 Å². The molecule has 0 aliphatic rings. The normalized spacial score (nSPS) is 12.0. The quantitative estimate of drug-likeness (QED) is 0.806. The van der Waals surface area contributed by atoms with Gasteiger partial charge in [-0.15, -0.1) is 0 Å². The van der Waals surface area contributed by atoms with Crippen molar-refractivity contribution in [1.82, 2.24) is 14.7 Å². The maximum atomic E-state index is 12.0. The molecule has 7 nitrogen and oxygen atoms in total. The Morgan fingerprint density at radius 3 is 2.86 bits per heavy atom. The van der Waals surface area contributed by atoms with Crippen molar-refractivity contribution in [2.45, 2.75) is 26.4 Å². The topological polar surface area (TPSA) is 76.5 Å². The maximum Gasteiger partial charge on any atom is 0.287 e. The number of likely N-dealkylation sites (N-methyl/N-ethyl adjacent to an activating group) is 1. The van der Waals surface area contributed by atoms with Crippen LogP contribution in [-0.4, -0.2) is 53.9 Å². The fourth-order valence-corrected chi connectivity index (χ4v) is 1.89. The number of ether oxygens (including phenoxy) is 1. The first-order valence-electron chi connectivity index (χ1n) is 6.68. The average molecular weight is 317 g/mol. The molecular formula is C13H21ClN4O3. The largest absolute Gasteiger partial charge is 0.383 e. The van der Waals surface area contributed by atoms with Crippen molar-refractivity contribution < 1.29 is 9.53 Å². The van der Waals surface area contributed by atoms with Gasteiger partial charge in [0.15, 0.2) is 0 Å². The van der Waals surface area contributed by atoms with Gasteiger partial charge >= 0.3 is 0 Å². The molecule has 0 fully saturated rings. The van der Waals surface area contributed by atoms with Gasteiger partial charge in [-0.05, 0) is 13.8 Å². The van der Waals surface area contributed by atoms with Crippen molar-refractivity contribution in [1.29, 1.82) is 0 Å². The standard InChI is InChI=1S/C13H21ClN4O3/c1-5-17(3)12(19)9(2)16-10-8-15-18(6-7-21-4)13(20)11(10)14/h8-9,16H,5-7H2,1-4H3. The lowest BCUT2D eigenvalue weighted by atomic mass is 10.2. The minimum Gasteiger partial charge on any atom is -0.383 e. The molecule has 0 saturated carbocycles. The predicted octanol–water partition coefficient (Wildman–Crippen LogP) is 0.822. The van der Waals surface area contributed by atoms with Crippen LogP contribution in [-0.2, 0) is 16.1 Å².